The minimum atomic E-state index is -0.343. The summed E-state index contributed by atoms with van der Waals surface area (Å²) in [6.07, 6.45) is 2.49. The highest BCUT2D eigenvalue weighted by atomic mass is 32.2. The van der Waals surface area contributed by atoms with Crippen molar-refractivity contribution in [1.29, 1.82) is 0 Å². The van der Waals surface area contributed by atoms with E-state index in [-0.39, 0.29) is 22.9 Å². The Bertz CT molecular complexity index is 571. The van der Waals surface area contributed by atoms with Gasteiger partial charge in [-0.05, 0) is 50.5 Å². The van der Waals surface area contributed by atoms with E-state index >= 15 is 0 Å². The number of aryl methyl sites for hydroxylation is 1. The van der Waals surface area contributed by atoms with Crippen LogP contribution in [0, 0.1) is 6.92 Å². The van der Waals surface area contributed by atoms with Crippen molar-refractivity contribution in [3.05, 3.63) is 23.8 Å². The predicted octanol–water partition coefficient (Wildman–Crippen LogP) is 2.83. The van der Waals surface area contributed by atoms with Crippen molar-refractivity contribution in [3.8, 4) is 0 Å². The van der Waals surface area contributed by atoms with Crippen LogP contribution in [-0.4, -0.2) is 43.1 Å². The van der Waals surface area contributed by atoms with Crippen LogP contribution in [0.25, 0.3) is 0 Å². The lowest BCUT2D eigenvalue weighted by Crippen LogP contribution is -2.21. The molecule has 0 radical (unpaired) electrons. The number of amides is 1. The molecule has 1 aliphatic rings. The summed E-state index contributed by atoms with van der Waals surface area (Å²) in [5.41, 5.74) is 3.09. The van der Waals surface area contributed by atoms with Gasteiger partial charge >= 0.3 is 5.97 Å². The van der Waals surface area contributed by atoms with Crippen LogP contribution in [0.5, 0.6) is 0 Å². The number of hydrogen-bond donors (Lipinski definition) is 1. The van der Waals surface area contributed by atoms with Crippen LogP contribution in [0.3, 0.4) is 0 Å². The van der Waals surface area contributed by atoms with Crippen molar-refractivity contribution < 1.29 is 14.3 Å². The molecule has 1 N–H and O–H groups in total. The molecule has 1 saturated heterocycles. The Balaban J connectivity index is 1.89. The Morgan fingerprint density at radius 3 is 2.65 bits per heavy atom. The van der Waals surface area contributed by atoms with Crippen LogP contribution in [0.2, 0.25) is 0 Å². The summed E-state index contributed by atoms with van der Waals surface area (Å²) in [7, 11) is 1.35. The van der Waals surface area contributed by atoms with Gasteiger partial charge in [0.25, 0.3) is 0 Å². The molecule has 1 unspecified atom stereocenters. The van der Waals surface area contributed by atoms with Crippen LogP contribution in [0.15, 0.2) is 18.2 Å². The van der Waals surface area contributed by atoms with Gasteiger partial charge in [-0.15, -0.1) is 11.8 Å². The summed E-state index contributed by atoms with van der Waals surface area (Å²) >= 11 is 1.27. The van der Waals surface area contributed by atoms with Gasteiger partial charge in [-0.3, -0.25) is 9.59 Å². The topological polar surface area (TPSA) is 58.6 Å². The van der Waals surface area contributed by atoms with Gasteiger partial charge in [0.1, 0.15) is 5.25 Å². The third kappa shape index (κ3) is 4.89. The van der Waals surface area contributed by atoms with Crippen LogP contribution in [-0.2, 0) is 14.3 Å². The second-order valence-electron chi connectivity index (χ2n) is 5.72. The second-order valence-corrected chi connectivity index (χ2v) is 7.05. The average Bonchev–Trinajstić information content (AvgIpc) is 3.08. The molecule has 1 amide bonds. The van der Waals surface area contributed by atoms with Gasteiger partial charge in [0.2, 0.25) is 5.91 Å². The molecule has 1 aromatic carbocycles. The van der Waals surface area contributed by atoms with Crippen LogP contribution < -0.4 is 10.2 Å². The quantitative estimate of drug-likeness (QED) is 0.810. The smallest absolute Gasteiger partial charge is 0.318 e. The molecule has 126 valence electrons. The van der Waals surface area contributed by atoms with Gasteiger partial charge in [-0.2, -0.15) is 0 Å². The van der Waals surface area contributed by atoms with Gasteiger partial charge in [-0.25, -0.2) is 0 Å². The van der Waals surface area contributed by atoms with E-state index in [2.05, 4.69) is 27.1 Å². The van der Waals surface area contributed by atoms with E-state index in [4.69, 9.17) is 0 Å². The number of thioether (sulfide) groups is 1. The Labute approximate surface area is 141 Å². The number of methoxy groups -OCH3 is 1. The third-order valence-electron chi connectivity index (χ3n) is 3.95. The van der Waals surface area contributed by atoms with E-state index in [1.807, 2.05) is 13.0 Å². The molecule has 0 aliphatic carbocycles. The van der Waals surface area contributed by atoms with E-state index < -0.39 is 0 Å². The first kappa shape index (κ1) is 17.7. The van der Waals surface area contributed by atoms with Crippen LogP contribution in [0.4, 0.5) is 11.4 Å². The number of anilines is 2. The van der Waals surface area contributed by atoms with Crippen molar-refractivity contribution in [2.75, 3.05) is 36.2 Å². The molecule has 2 rings (SSSR count). The summed E-state index contributed by atoms with van der Waals surface area (Å²) in [6.45, 7) is 5.94. The number of rotatable bonds is 6. The molecule has 0 spiro atoms. The fourth-order valence-electron chi connectivity index (χ4n) is 2.58. The van der Waals surface area contributed by atoms with Crippen molar-refractivity contribution in [2.45, 2.75) is 31.9 Å². The summed E-state index contributed by atoms with van der Waals surface area (Å²) < 4.78 is 4.65. The van der Waals surface area contributed by atoms with Gasteiger partial charge < -0.3 is 15.0 Å². The number of carbonyl (C=O) groups is 2. The minimum Gasteiger partial charge on any atom is -0.468 e. The second kappa shape index (κ2) is 8.24. The van der Waals surface area contributed by atoms with Crippen molar-refractivity contribution in [1.82, 2.24) is 0 Å². The Morgan fingerprint density at radius 1 is 1.35 bits per heavy atom. The summed E-state index contributed by atoms with van der Waals surface area (Å²) in [5.74, 6) is -0.194. The maximum atomic E-state index is 12.0. The van der Waals surface area contributed by atoms with Gasteiger partial charge in [0, 0.05) is 24.5 Å². The largest absolute Gasteiger partial charge is 0.468 e. The number of carbonyl (C=O) groups excluding carboxylic acids is 2. The lowest BCUT2D eigenvalue weighted by molar-refractivity contribution is -0.139. The van der Waals surface area contributed by atoms with Crippen molar-refractivity contribution in [2.24, 2.45) is 0 Å². The van der Waals surface area contributed by atoms with Crippen LogP contribution in [0.1, 0.15) is 25.3 Å². The average molecular weight is 336 g/mol. The first-order valence-electron chi connectivity index (χ1n) is 7.86. The summed E-state index contributed by atoms with van der Waals surface area (Å²) in [5, 5.41) is 2.57. The van der Waals surface area contributed by atoms with Gasteiger partial charge in [0.15, 0.2) is 0 Å². The van der Waals surface area contributed by atoms with Gasteiger partial charge in [0.05, 0.1) is 12.9 Å². The fraction of sp³-hybridized carbons (Fsp3) is 0.529. The van der Waals surface area contributed by atoms with E-state index in [1.54, 1.807) is 6.92 Å². The highest BCUT2D eigenvalue weighted by Crippen LogP contribution is 2.25. The molecule has 23 heavy (non-hydrogen) atoms. The first-order valence-corrected chi connectivity index (χ1v) is 8.91. The lowest BCUT2D eigenvalue weighted by Gasteiger charge is -2.19. The maximum Gasteiger partial charge on any atom is 0.318 e. The molecule has 1 atom stereocenters. The van der Waals surface area contributed by atoms with Crippen LogP contribution >= 0.6 is 11.8 Å². The highest BCUT2D eigenvalue weighted by Gasteiger charge is 2.16. The number of ether oxygens (including phenoxy) is 1. The molecule has 1 fully saturated rings. The Hall–Kier alpha value is -1.69. The molecular weight excluding hydrogens is 312 g/mol. The molecule has 1 aliphatic heterocycles. The highest BCUT2D eigenvalue weighted by molar-refractivity contribution is 8.01. The zero-order valence-electron chi connectivity index (χ0n) is 13.9. The molecule has 0 saturated carbocycles. The Morgan fingerprint density at radius 2 is 2.04 bits per heavy atom. The first-order chi connectivity index (χ1) is 11.0. The van der Waals surface area contributed by atoms with E-state index in [1.165, 1.54) is 37.4 Å². The molecule has 6 heteroatoms. The number of nitrogens with one attached hydrogen (secondary N) is 1. The lowest BCUT2D eigenvalue weighted by atomic mass is 10.1. The molecule has 0 aromatic heterocycles. The standard InChI is InChI=1S/C17H24N2O3S/c1-12-10-14(19-8-4-5-9-19)6-7-15(12)18-16(20)11-23-13(2)17(21)22-3/h6-7,10,13H,4-5,8-9,11H2,1-3H3,(H,18,20). The SMILES string of the molecule is COC(=O)C(C)SCC(=O)Nc1ccc(N2CCCC2)cc1C. The zero-order valence-corrected chi connectivity index (χ0v) is 14.7. The normalized spacial score (nSPS) is 15.3. The van der Waals surface area contributed by atoms with E-state index in [0.717, 1.165) is 24.3 Å². The summed E-state index contributed by atoms with van der Waals surface area (Å²) in [4.78, 5) is 25.7. The van der Waals surface area contributed by atoms with E-state index in [0.29, 0.717) is 0 Å². The summed E-state index contributed by atoms with van der Waals surface area (Å²) in [6, 6.07) is 6.12. The number of nitrogens with zero attached hydrogens (tertiary/aromatic N) is 1. The maximum absolute atomic E-state index is 12.0. The third-order valence-corrected chi connectivity index (χ3v) is 5.07. The molecule has 0 bridgehead atoms. The number of hydrogen-bond acceptors (Lipinski definition) is 5. The molecular formula is C17H24N2O3S. The molecule has 5 nitrogen and oxygen atoms in total. The molecule has 1 heterocycles. The van der Waals surface area contributed by atoms with E-state index in [9.17, 15) is 9.59 Å². The molecule has 1 aromatic rings. The van der Waals surface area contributed by atoms with Crippen molar-refractivity contribution in [3.63, 3.8) is 0 Å². The predicted molar refractivity (Wildman–Crippen MR) is 95.2 cm³/mol. The number of benzene rings is 1. The minimum absolute atomic E-state index is 0.109. The van der Waals surface area contributed by atoms with Gasteiger partial charge in [-0.1, -0.05) is 0 Å². The van der Waals surface area contributed by atoms with Crippen molar-refractivity contribution >= 4 is 35.0 Å². The fourth-order valence-corrected chi connectivity index (χ4v) is 3.29. The zero-order chi connectivity index (χ0) is 16.8. The number of esters is 1. The monoisotopic (exact) mass is 336 g/mol. The Kier molecular flexibility index (Phi) is 6.33.